The second kappa shape index (κ2) is 9.12. The lowest BCUT2D eigenvalue weighted by atomic mass is 9.92. The van der Waals surface area contributed by atoms with E-state index in [1.165, 1.54) is 0 Å². The molecule has 1 amide bonds. The van der Waals surface area contributed by atoms with Crippen LogP contribution >= 0.6 is 0 Å². The molecule has 0 bridgehead atoms. The predicted molar refractivity (Wildman–Crippen MR) is 117 cm³/mol. The van der Waals surface area contributed by atoms with Gasteiger partial charge in [0.05, 0.1) is 5.69 Å². The van der Waals surface area contributed by atoms with Crippen LogP contribution in [0.2, 0.25) is 0 Å². The molecule has 1 saturated heterocycles. The maximum atomic E-state index is 12.7. The lowest BCUT2D eigenvalue weighted by Crippen LogP contribution is -2.44. The Hall–Kier alpha value is -3.48. The quantitative estimate of drug-likeness (QED) is 0.592. The van der Waals surface area contributed by atoms with Crippen molar-refractivity contribution in [1.82, 2.24) is 19.7 Å². The lowest BCUT2D eigenvalue weighted by Gasteiger charge is -2.34. The first-order chi connectivity index (χ1) is 15.0. The van der Waals surface area contributed by atoms with Crippen molar-refractivity contribution in [1.29, 1.82) is 0 Å². The topological polar surface area (TPSA) is 77.3 Å². The number of rotatable bonds is 5. The number of carbonyl (C=O) groups is 2. The second-order valence-electron chi connectivity index (χ2n) is 8.19. The zero-order valence-corrected chi connectivity index (χ0v) is 17.8. The van der Waals surface area contributed by atoms with Crippen LogP contribution in [0, 0.1) is 11.8 Å². The lowest BCUT2D eigenvalue weighted by molar-refractivity contribution is -0.137. The van der Waals surface area contributed by atoms with Crippen molar-refractivity contribution in [2.45, 2.75) is 20.3 Å². The van der Waals surface area contributed by atoms with Crippen molar-refractivity contribution in [2.75, 3.05) is 19.7 Å². The maximum Gasteiger partial charge on any atom is 0.378 e. The van der Waals surface area contributed by atoms with Crippen LogP contribution in [-0.4, -0.2) is 51.2 Å². The first kappa shape index (κ1) is 20.8. The number of para-hydroxylation sites is 1. The maximum absolute atomic E-state index is 12.7. The molecule has 1 fully saturated rings. The highest BCUT2D eigenvalue weighted by molar-refractivity contribution is 5.88. The Kier molecular flexibility index (Phi) is 6.11. The number of piperidine rings is 1. The molecule has 0 N–H and O–H groups in total. The van der Waals surface area contributed by atoms with Gasteiger partial charge in [0, 0.05) is 18.7 Å². The van der Waals surface area contributed by atoms with Crippen molar-refractivity contribution in [3.05, 3.63) is 66.5 Å². The molecule has 2 unspecified atom stereocenters. The molecular formula is C24H26N4O3. The minimum atomic E-state index is -0.710. The van der Waals surface area contributed by atoms with Gasteiger partial charge in [-0.15, -0.1) is 5.10 Å². The molecule has 3 aromatic rings. The van der Waals surface area contributed by atoms with E-state index >= 15 is 0 Å². The number of hydrogen-bond acceptors (Lipinski definition) is 5. The van der Waals surface area contributed by atoms with Gasteiger partial charge in [-0.3, -0.25) is 4.79 Å². The van der Waals surface area contributed by atoms with Crippen molar-refractivity contribution < 1.29 is 14.3 Å². The Bertz CT molecular complexity index is 982. The fourth-order valence-electron chi connectivity index (χ4n) is 4.07. The van der Waals surface area contributed by atoms with Crippen molar-refractivity contribution in [3.63, 3.8) is 0 Å². The highest BCUT2D eigenvalue weighted by Crippen LogP contribution is 2.22. The molecule has 160 valence electrons. The van der Waals surface area contributed by atoms with Gasteiger partial charge in [0.15, 0.2) is 12.4 Å². The second-order valence-corrected chi connectivity index (χ2v) is 8.19. The summed E-state index contributed by atoms with van der Waals surface area (Å²) in [7, 11) is 0. The Labute approximate surface area is 181 Å². The third-order valence-electron chi connectivity index (χ3n) is 5.37. The number of carbonyl (C=O) groups excluding carboxylic acids is 2. The van der Waals surface area contributed by atoms with E-state index < -0.39 is 5.97 Å². The summed E-state index contributed by atoms with van der Waals surface area (Å²) in [5.41, 5.74) is 1.60. The van der Waals surface area contributed by atoms with Gasteiger partial charge in [0.2, 0.25) is 0 Å². The van der Waals surface area contributed by atoms with Crippen LogP contribution in [0.15, 0.2) is 60.7 Å². The van der Waals surface area contributed by atoms with Crippen molar-refractivity contribution in [2.24, 2.45) is 11.8 Å². The molecule has 31 heavy (non-hydrogen) atoms. The van der Waals surface area contributed by atoms with E-state index in [1.807, 2.05) is 60.7 Å². The SMILES string of the molecule is CC1CC(C)CN(C(=O)COC(=O)c2nc(-c3ccccc3)n(-c3ccccc3)n2)C1. The number of aromatic nitrogens is 3. The number of benzene rings is 2. The molecule has 2 atom stereocenters. The molecule has 0 spiro atoms. The zero-order chi connectivity index (χ0) is 21.8. The fourth-order valence-corrected chi connectivity index (χ4v) is 4.07. The molecule has 2 aromatic carbocycles. The summed E-state index contributed by atoms with van der Waals surface area (Å²) in [6, 6.07) is 19.0. The molecule has 2 heterocycles. The van der Waals surface area contributed by atoms with Gasteiger partial charge in [-0.05, 0) is 30.4 Å². The summed E-state index contributed by atoms with van der Waals surface area (Å²) in [6.45, 7) is 5.35. The first-order valence-electron chi connectivity index (χ1n) is 10.5. The number of hydrogen-bond donors (Lipinski definition) is 0. The van der Waals surface area contributed by atoms with Gasteiger partial charge in [-0.25, -0.2) is 14.5 Å². The number of ether oxygens (including phenoxy) is 1. The van der Waals surface area contributed by atoms with Gasteiger partial charge in [-0.1, -0.05) is 62.4 Å². The summed E-state index contributed by atoms with van der Waals surface area (Å²) in [5.74, 6) is 0.454. The van der Waals surface area contributed by atoms with Crippen molar-refractivity contribution >= 4 is 11.9 Å². The van der Waals surface area contributed by atoms with Crippen LogP contribution in [0.4, 0.5) is 0 Å². The van der Waals surface area contributed by atoms with E-state index in [4.69, 9.17) is 4.74 Å². The van der Waals surface area contributed by atoms with Gasteiger partial charge >= 0.3 is 5.97 Å². The third kappa shape index (κ3) is 4.82. The van der Waals surface area contributed by atoms with Crippen LogP contribution in [0.1, 0.15) is 30.9 Å². The van der Waals surface area contributed by atoms with Gasteiger partial charge < -0.3 is 9.64 Å². The summed E-state index contributed by atoms with van der Waals surface area (Å²) >= 11 is 0. The van der Waals surface area contributed by atoms with Gasteiger partial charge in [-0.2, -0.15) is 0 Å². The van der Waals surface area contributed by atoms with Crippen LogP contribution in [0.3, 0.4) is 0 Å². The van der Waals surface area contributed by atoms with Crippen LogP contribution in [0.25, 0.3) is 17.1 Å². The minimum absolute atomic E-state index is 0.0733. The Morgan fingerprint density at radius 3 is 2.23 bits per heavy atom. The predicted octanol–water partition coefficient (Wildman–Crippen LogP) is 3.60. The number of esters is 1. The number of nitrogens with zero attached hydrogens (tertiary/aromatic N) is 4. The Morgan fingerprint density at radius 2 is 1.58 bits per heavy atom. The van der Waals surface area contributed by atoms with Crippen LogP contribution < -0.4 is 0 Å². The molecule has 7 heteroatoms. The average Bonchev–Trinajstić information content (AvgIpc) is 3.23. The molecule has 0 saturated carbocycles. The van der Waals surface area contributed by atoms with Crippen LogP contribution in [-0.2, 0) is 9.53 Å². The summed E-state index contributed by atoms with van der Waals surface area (Å²) in [4.78, 5) is 31.4. The third-order valence-corrected chi connectivity index (χ3v) is 5.37. The normalized spacial score (nSPS) is 18.6. The standard InChI is InChI=1S/C24H26N4O3/c1-17-13-18(2)15-27(14-17)21(29)16-31-24(30)22-25-23(19-9-5-3-6-10-19)28(26-22)20-11-7-4-8-12-20/h3-12,17-18H,13-16H2,1-2H3. The first-order valence-corrected chi connectivity index (χ1v) is 10.5. The Balaban J connectivity index is 1.52. The summed E-state index contributed by atoms with van der Waals surface area (Å²) < 4.78 is 6.90. The molecule has 1 aliphatic heterocycles. The molecule has 4 rings (SSSR count). The summed E-state index contributed by atoms with van der Waals surface area (Å²) in [6.07, 6.45) is 1.10. The molecule has 1 aliphatic rings. The Morgan fingerprint density at radius 1 is 0.968 bits per heavy atom. The largest absolute Gasteiger partial charge is 0.450 e. The molecular weight excluding hydrogens is 392 g/mol. The van der Waals surface area contributed by atoms with E-state index in [1.54, 1.807) is 9.58 Å². The highest BCUT2D eigenvalue weighted by Gasteiger charge is 2.27. The van der Waals surface area contributed by atoms with E-state index in [9.17, 15) is 9.59 Å². The molecule has 7 nitrogen and oxygen atoms in total. The average molecular weight is 418 g/mol. The van der Waals surface area contributed by atoms with Crippen LogP contribution in [0.5, 0.6) is 0 Å². The monoisotopic (exact) mass is 418 g/mol. The minimum Gasteiger partial charge on any atom is -0.450 e. The van der Waals surface area contributed by atoms with Crippen molar-refractivity contribution in [3.8, 4) is 17.1 Å². The molecule has 0 aliphatic carbocycles. The van der Waals surface area contributed by atoms with E-state index in [0.29, 0.717) is 30.7 Å². The number of likely N-dealkylation sites (tertiary alicyclic amines) is 1. The fraction of sp³-hybridized carbons (Fsp3) is 0.333. The molecule has 1 aromatic heterocycles. The van der Waals surface area contributed by atoms with Gasteiger partial charge in [0.25, 0.3) is 11.7 Å². The smallest absolute Gasteiger partial charge is 0.378 e. The zero-order valence-electron chi connectivity index (χ0n) is 17.8. The van der Waals surface area contributed by atoms with Gasteiger partial charge in [0.1, 0.15) is 0 Å². The van der Waals surface area contributed by atoms with E-state index in [-0.39, 0.29) is 18.3 Å². The van der Waals surface area contributed by atoms with E-state index in [2.05, 4.69) is 23.9 Å². The molecule has 0 radical (unpaired) electrons. The van der Waals surface area contributed by atoms with E-state index in [0.717, 1.165) is 17.7 Å². The highest BCUT2D eigenvalue weighted by atomic mass is 16.5. The number of amides is 1. The summed E-state index contributed by atoms with van der Waals surface area (Å²) in [5, 5.41) is 4.38.